The van der Waals surface area contributed by atoms with Crippen LogP contribution in [0.15, 0.2) is 58.5 Å². The van der Waals surface area contributed by atoms with Crippen molar-refractivity contribution in [2.45, 2.75) is 49.7 Å². The highest BCUT2D eigenvalue weighted by Gasteiger charge is 2.48. The van der Waals surface area contributed by atoms with Crippen LogP contribution in [-0.2, 0) is 9.84 Å². The first-order valence-electron chi connectivity index (χ1n) is 9.00. The zero-order valence-electron chi connectivity index (χ0n) is 15.1. The van der Waals surface area contributed by atoms with E-state index in [0.29, 0.717) is 11.6 Å². The van der Waals surface area contributed by atoms with E-state index in [4.69, 9.17) is 5.73 Å². The van der Waals surface area contributed by atoms with Crippen LogP contribution >= 0.6 is 0 Å². The topological polar surface area (TPSA) is 72.2 Å². The van der Waals surface area contributed by atoms with E-state index in [-0.39, 0.29) is 30.4 Å². The van der Waals surface area contributed by atoms with Crippen LogP contribution in [0.2, 0.25) is 0 Å². The van der Waals surface area contributed by atoms with Crippen molar-refractivity contribution in [3.05, 3.63) is 58.5 Å². The second-order valence-electron chi connectivity index (χ2n) is 7.29. The Morgan fingerprint density at radius 1 is 1.25 bits per heavy atom. The van der Waals surface area contributed by atoms with Gasteiger partial charge in [0.15, 0.2) is 0 Å². The Bertz CT molecular complexity index is 897. The highest BCUT2D eigenvalue weighted by atomic mass is 32.2. The van der Waals surface area contributed by atoms with Gasteiger partial charge in [0.05, 0.1) is 4.91 Å². The number of hydrogen-bond acceptors (Lipinski definition) is 4. The molecule has 1 aliphatic carbocycles. The molecule has 2 fully saturated rings. The van der Waals surface area contributed by atoms with E-state index in [1.54, 1.807) is 6.08 Å². The van der Waals surface area contributed by atoms with Gasteiger partial charge in [0.1, 0.15) is 5.83 Å². The number of allylic oxidation sites excluding steroid dienone is 7. The number of nitrogens with two attached hydrogens (primary N) is 1. The highest BCUT2D eigenvalue weighted by Crippen LogP contribution is 2.40. The molecule has 28 heavy (non-hydrogen) atoms. The summed E-state index contributed by atoms with van der Waals surface area (Å²) in [6.07, 6.45) is 7.72. The predicted molar refractivity (Wildman–Crippen MR) is 99.0 cm³/mol. The summed E-state index contributed by atoms with van der Waals surface area (Å²) in [6.45, 7) is 3.32. The largest absolute Gasteiger partial charge is 0.501 e. The highest BCUT2D eigenvalue weighted by molar-refractivity contribution is 7.96. The summed E-state index contributed by atoms with van der Waals surface area (Å²) in [5.74, 6) is -0.601. The molecule has 0 aromatic heterocycles. The minimum atomic E-state index is -5.37. The third-order valence-electron chi connectivity index (χ3n) is 5.63. The van der Waals surface area contributed by atoms with Crippen LogP contribution < -0.4 is 11.1 Å². The maximum Gasteiger partial charge on any atom is 0.501 e. The molecule has 3 N–H and O–H groups in total. The summed E-state index contributed by atoms with van der Waals surface area (Å²) in [5.41, 5.74) is 1.69. The fourth-order valence-electron chi connectivity index (χ4n) is 4.20. The quantitative estimate of drug-likeness (QED) is 0.524. The molecule has 2 saturated heterocycles. The summed E-state index contributed by atoms with van der Waals surface area (Å²) in [6, 6.07) is 0.691. The van der Waals surface area contributed by atoms with Crippen molar-refractivity contribution >= 4 is 9.84 Å². The van der Waals surface area contributed by atoms with Crippen molar-refractivity contribution in [1.82, 2.24) is 5.32 Å². The number of rotatable bonds is 5. The summed E-state index contributed by atoms with van der Waals surface area (Å²) in [7, 11) is -5.37. The molecule has 0 saturated carbocycles. The molecule has 0 spiro atoms. The van der Waals surface area contributed by atoms with Crippen molar-refractivity contribution in [2.75, 3.05) is 0 Å². The Hall–Kier alpha value is -1.87. The zero-order chi connectivity index (χ0) is 20.7. The molecule has 0 aromatic rings. The summed E-state index contributed by atoms with van der Waals surface area (Å²) < 4.78 is 75.3. The van der Waals surface area contributed by atoms with Crippen molar-refractivity contribution in [1.29, 1.82) is 0 Å². The fourth-order valence-corrected chi connectivity index (χ4v) is 5.11. The number of halogens is 4. The first-order valence-corrected chi connectivity index (χ1v) is 10.5. The maximum absolute atomic E-state index is 14.1. The van der Waals surface area contributed by atoms with Crippen molar-refractivity contribution in [3.8, 4) is 0 Å². The van der Waals surface area contributed by atoms with E-state index in [2.05, 4.69) is 11.9 Å². The van der Waals surface area contributed by atoms with Gasteiger partial charge in [-0.3, -0.25) is 0 Å². The molecule has 0 aromatic carbocycles. The maximum atomic E-state index is 14.1. The summed E-state index contributed by atoms with van der Waals surface area (Å²) in [5, 5.41) is 3.47. The molecular formula is C19H22F4N2O2S. The number of nitrogens with one attached hydrogen (secondary N) is 1. The molecular weight excluding hydrogens is 396 g/mol. The molecule has 2 aliphatic heterocycles. The van der Waals surface area contributed by atoms with E-state index in [1.807, 2.05) is 0 Å². The number of alkyl halides is 3. The van der Waals surface area contributed by atoms with Crippen LogP contribution in [0, 0.1) is 5.92 Å². The van der Waals surface area contributed by atoms with E-state index in [0.717, 1.165) is 30.9 Å². The van der Waals surface area contributed by atoms with Gasteiger partial charge in [-0.2, -0.15) is 13.2 Å². The normalized spacial score (nSPS) is 28.9. The third kappa shape index (κ3) is 3.82. The Morgan fingerprint density at radius 3 is 2.39 bits per heavy atom. The molecule has 3 rings (SSSR count). The van der Waals surface area contributed by atoms with Gasteiger partial charge in [0.2, 0.25) is 0 Å². The van der Waals surface area contributed by atoms with Gasteiger partial charge in [-0.25, -0.2) is 12.8 Å². The fraction of sp³-hybridized carbons (Fsp3) is 0.474. The van der Waals surface area contributed by atoms with Crippen molar-refractivity contribution < 1.29 is 26.0 Å². The van der Waals surface area contributed by atoms with Crippen LogP contribution in [0.4, 0.5) is 17.6 Å². The molecule has 4 nitrogen and oxygen atoms in total. The summed E-state index contributed by atoms with van der Waals surface area (Å²) in [4.78, 5) is -0.723. The van der Waals surface area contributed by atoms with Crippen molar-refractivity contribution in [2.24, 2.45) is 11.7 Å². The predicted octanol–water partition coefficient (Wildman–Crippen LogP) is 3.92. The smallest absolute Gasteiger partial charge is 0.404 e. The van der Waals surface area contributed by atoms with Crippen molar-refractivity contribution in [3.63, 3.8) is 0 Å². The standard InChI is InChI=1S/C19H22F4N2O2S/c1-11(20)16(8-13(10-24)17-9-14-4-7-18(17)25-14)12-2-5-15(6-3-12)28(26,27)19(21,22)23/h2,5,8,10,14,17-18,25H,1,3-4,6-7,9,24H2/b13-10+,16-8+. The molecule has 9 heteroatoms. The average molecular weight is 418 g/mol. The van der Waals surface area contributed by atoms with E-state index in [9.17, 15) is 26.0 Å². The van der Waals surface area contributed by atoms with Gasteiger partial charge in [0, 0.05) is 23.6 Å². The van der Waals surface area contributed by atoms with E-state index >= 15 is 0 Å². The molecule has 0 amide bonds. The van der Waals surface area contributed by atoms with Crippen LogP contribution in [0.3, 0.4) is 0 Å². The first-order chi connectivity index (χ1) is 13.0. The van der Waals surface area contributed by atoms with Gasteiger partial charge in [-0.1, -0.05) is 12.7 Å². The first kappa shape index (κ1) is 20.9. The number of sulfone groups is 1. The lowest BCUT2D eigenvalue weighted by atomic mass is 9.82. The second-order valence-corrected chi connectivity index (χ2v) is 9.29. The van der Waals surface area contributed by atoms with Crippen LogP contribution in [-0.4, -0.2) is 26.0 Å². The Labute approximate surface area is 161 Å². The molecule has 3 aliphatic rings. The number of hydrogen-bond donors (Lipinski definition) is 2. The molecule has 154 valence electrons. The van der Waals surface area contributed by atoms with E-state index in [1.165, 1.54) is 12.3 Å². The minimum Gasteiger partial charge on any atom is -0.404 e. The van der Waals surface area contributed by atoms with Crippen LogP contribution in [0.1, 0.15) is 32.1 Å². The number of fused-ring (bicyclic) bond motifs is 2. The zero-order valence-corrected chi connectivity index (χ0v) is 15.9. The molecule has 2 heterocycles. The van der Waals surface area contributed by atoms with Gasteiger partial charge >= 0.3 is 5.51 Å². The second kappa shape index (κ2) is 7.51. The Morgan fingerprint density at radius 2 is 1.96 bits per heavy atom. The van der Waals surface area contributed by atoms with Gasteiger partial charge in [-0.05, 0) is 61.6 Å². The SMILES string of the molecule is C=C(F)/C(=C\C(=C/N)C1CC2CCC1N2)C1=CC=C(S(=O)(=O)C(F)(F)F)CC1. The molecule has 2 bridgehead atoms. The summed E-state index contributed by atoms with van der Waals surface area (Å²) >= 11 is 0. The van der Waals surface area contributed by atoms with Crippen LogP contribution in [0.5, 0.6) is 0 Å². The third-order valence-corrected chi connectivity index (χ3v) is 7.27. The Kier molecular flexibility index (Phi) is 5.60. The monoisotopic (exact) mass is 418 g/mol. The minimum absolute atomic E-state index is 0.0390. The van der Waals surface area contributed by atoms with Crippen LogP contribution in [0.25, 0.3) is 0 Å². The average Bonchev–Trinajstić information content (AvgIpc) is 3.25. The molecule has 3 unspecified atom stereocenters. The lowest BCUT2D eigenvalue weighted by Crippen LogP contribution is -2.25. The molecule has 3 atom stereocenters. The van der Waals surface area contributed by atoms with Gasteiger partial charge < -0.3 is 11.1 Å². The lowest BCUT2D eigenvalue weighted by Gasteiger charge is -2.23. The van der Waals surface area contributed by atoms with Gasteiger partial charge in [0.25, 0.3) is 9.84 Å². The molecule has 0 radical (unpaired) electrons. The van der Waals surface area contributed by atoms with E-state index < -0.39 is 26.1 Å². The van der Waals surface area contributed by atoms with Gasteiger partial charge in [-0.15, -0.1) is 0 Å². The lowest BCUT2D eigenvalue weighted by molar-refractivity contribution is -0.0427. The Balaban J connectivity index is 1.89.